The molecular formula is C24H41N3O6. The maximum atomic E-state index is 12.9. The Morgan fingerprint density at radius 3 is 2.48 bits per heavy atom. The van der Waals surface area contributed by atoms with E-state index in [1.165, 1.54) is 4.90 Å². The van der Waals surface area contributed by atoms with Crippen LogP contribution < -0.4 is 10.6 Å². The van der Waals surface area contributed by atoms with Crippen molar-refractivity contribution in [1.82, 2.24) is 15.5 Å². The number of carbonyl (C=O) groups excluding carboxylic acids is 4. The quantitative estimate of drug-likeness (QED) is 0.259. The summed E-state index contributed by atoms with van der Waals surface area (Å²) in [6.45, 7) is 9.42. The number of esters is 1. The summed E-state index contributed by atoms with van der Waals surface area (Å²) in [6, 6.07) is -1.50. The lowest BCUT2D eigenvalue weighted by atomic mass is 10.1. The van der Waals surface area contributed by atoms with Gasteiger partial charge in [-0.15, -0.1) is 0 Å². The summed E-state index contributed by atoms with van der Waals surface area (Å²) < 4.78 is 10.3. The summed E-state index contributed by atoms with van der Waals surface area (Å²) in [6.07, 6.45) is 9.00. The molecule has 0 aromatic rings. The van der Waals surface area contributed by atoms with Gasteiger partial charge in [-0.05, 0) is 59.8 Å². The molecule has 0 aromatic carbocycles. The zero-order chi connectivity index (χ0) is 24.9. The molecule has 0 spiro atoms. The van der Waals surface area contributed by atoms with E-state index >= 15 is 0 Å². The van der Waals surface area contributed by atoms with Crippen molar-refractivity contribution in [2.45, 2.75) is 97.2 Å². The summed E-state index contributed by atoms with van der Waals surface area (Å²) >= 11 is 0. The molecule has 2 N–H and O–H groups in total. The van der Waals surface area contributed by atoms with Crippen LogP contribution in [0.1, 0.15) is 79.6 Å². The summed E-state index contributed by atoms with van der Waals surface area (Å²) in [4.78, 5) is 51.2. The van der Waals surface area contributed by atoms with Crippen LogP contribution in [0.2, 0.25) is 0 Å². The maximum Gasteiger partial charge on any atom is 0.408 e. The third-order valence-electron chi connectivity index (χ3n) is 5.06. The van der Waals surface area contributed by atoms with Gasteiger partial charge in [-0.2, -0.15) is 0 Å². The molecule has 188 valence electrons. The van der Waals surface area contributed by atoms with E-state index in [0.29, 0.717) is 25.8 Å². The number of carbonyl (C=O) groups is 4. The number of nitrogens with zero attached hydrogens (tertiary/aromatic N) is 1. The molecule has 3 amide bonds. The fraction of sp³-hybridized carbons (Fsp3) is 0.750. The first-order valence-corrected chi connectivity index (χ1v) is 12.0. The number of hydrogen-bond acceptors (Lipinski definition) is 6. The van der Waals surface area contributed by atoms with Gasteiger partial charge in [-0.3, -0.25) is 9.59 Å². The van der Waals surface area contributed by atoms with Gasteiger partial charge in [0, 0.05) is 6.54 Å². The monoisotopic (exact) mass is 467 g/mol. The Labute approximate surface area is 197 Å². The highest BCUT2D eigenvalue weighted by atomic mass is 16.6. The third kappa shape index (κ3) is 11.2. The zero-order valence-electron chi connectivity index (χ0n) is 20.8. The van der Waals surface area contributed by atoms with Gasteiger partial charge in [0.2, 0.25) is 11.8 Å². The topological polar surface area (TPSA) is 114 Å². The van der Waals surface area contributed by atoms with Gasteiger partial charge in [0.05, 0.1) is 6.61 Å². The Kier molecular flexibility index (Phi) is 12.5. The summed E-state index contributed by atoms with van der Waals surface area (Å²) in [5.41, 5.74) is -0.671. The molecule has 2 atom stereocenters. The predicted molar refractivity (Wildman–Crippen MR) is 125 cm³/mol. The van der Waals surface area contributed by atoms with Gasteiger partial charge >= 0.3 is 12.1 Å². The summed E-state index contributed by atoms with van der Waals surface area (Å²) in [5.74, 6) is -1.26. The van der Waals surface area contributed by atoms with Gasteiger partial charge in [-0.25, -0.2) is 9.59 Å². The Hall–Kier alpha value is -2.58. The second-order valence-corrected chi connectivity index (χ2v) is 9.12. The van der Waals surface area contributed by atoms with Crippen LogP contribution in [0.15, 0.2) is 12.2 Å². The molecule has 1 aliphatic heterocycles. The van der Waals surface area contributed by atoms with Crippen LogP contribution >= 0.6 is 0 Å². The van der Waals surface area contributed by atoms with E-state index in [0.717, 1.165) is 25.7 Å². The number of unbranched alkanes of at least 4 members (excludes halogenated alkanes) is 3. The minimum absolute atomic E-state index is 0.218. The van der Waals surface area contributed by atoms with E-state index in [2.05, 4.69) is 17.6 Å². The van der Waals surface area contributed by atoms with E-state index in [1.54, 1.807) is 27.7 Å². The number of nitrogens with one attached hydrogen (secondary N) is 2. The molecule has 0 bridgehead atoms. The average Bonchev–Trinajstić information content (AvgIpc) is 3.22. The highest BCUT2D eigenvalue weighted by molar-refractivity contribution is 5.92. The maximum absolute atomic E-state index is 12.9. The third-order valence-corrected chi connectivity index (χ3v) is 5.06. The molecule has 0 aromatic heterocycles. The minimum Gasteiger partial charge on any atom is -0.464 e. The molecule has 0 radical (unpaired) electrons. The smallest absolute Gasteiger partial charge is 0.408 e. The molecular weight excluding hydrogens is 426 g/mol. The molecule has 1 rings (SSSR count). The second kappa shape index (κ2) is 14.5. The number of likely N-dealkylation sites (tertiary alicyclic amines) is 1. The van der Waals surface area contributed by atoms with Crippen LogP contribution in [-0.2, 0) is 23.9 Å². The molecule has 1 aliphatic rings. The number of amides is 3. The van der Waals surface area contributed by atoms with E-state index in [1.807, 2.05) is 12.2 Å². The van der Waals surface area contributed by atoms with E-state index in [4.69, 9.17) is 9.47 Å². The van der Waals surface area contributed by atoms with Crippen molar-refractivity contribution >= 4 is 23.9 Å². The summed E-state index contributed by atoms with van der Waals surface area (Å²) in [7, 11) is 0. The number of ether oxygens (including phenoxy) is 2. The predicted octanol–water partition coefficient (Wildman–Crippen LogP) is 3.08. The van der Waals surface area contributed by atoms with Gasteiger partial charge in [0.15, 0.2) is 0 Å². The summed E-state index contributed by atoms with van der Waals surface area (Å²) in [5, 5.41) is 5.19. The van der Waals surface area contributed by atoms with Gasteiger partial charge in [0.25, 0.3) is 0 Å². The fourth-order valence-electron chi connectivity index (χ4n) is 3.49. The molecule has 9 nitrogen and oxygen atoms in total. The van der Waals surface area contributed by atoms with Crippen LogP contribution in [0.3, 0.4) is 0 Å². The first kappa shape index (κ1) is 28.5. The molecule has 1 saturated heterocycles. The van der Waals surface area contributed by atoms with E-state index in [-0.39, 0.29) is 19.1 Å². The largest absolute Gasteiger partial charge is 0.464 e. The van der Waals surface area contributed by atoms with Gasteiger partial charge in [0.1, 0.15) is 24.2 Å². The van der Waals surface area contributed by atoms with Crippen molar-refractivity contribution in [1.29, 1.82) is 0 Å². The highest BCUT2D eigenvalue weighted by Gasteiger charge is 2.36. The molecule has 2 unspecified atom stereocenters. The van der Waals surface area contributed by atoms with E-state index < -0.39 is 35.7 Å². The normalized spacial score (nSPS) is 17.0. The van der Waals surface area contributed by atoms with Crippen LogP contribution in [-0.4, -0.2) is 66.2 Å². The fourth-order valence-corrected chi connectivity index (χ4v) is 3.49. The van der Waals surface area contributed by atoms with Crippen LogP contribution in [0.4, 0.5) is 4.79 Å². The number of rotatable bonds is 12. The first-order valence-electron chi connectivity index (χ1n) is 12.0. The average molecular weight is 468 g/mol. The lowest BCUT2D eigenvalue weighted by Crippen LogP contribution is -2.52. The minimum atomic E-state index is -0.808. The first-order chi connectivity index (χ1) is 15.6. The Bertz CT molecular complexity index is 686. The van der Waals surface area contributed by atoms with Crippen molar-refractivity contribution in [3.8, 4) is 0 Å². The number of hydrogen-bond donors (Lipinski definition) is 2. The van der Waals surface area contributed by atoms with Crippen molar-refractivity contribution in [2.24, 2.45) is 0 Å². The lowest BCUT2D eigenvalue weighted by molar-refractivity contribution is -0.148. The highest BCUT2D eigenvalue weighted by Crippen LogP contribution is 2.18. The Morgan fingerprint density at radius 2 is 1.85 bits per heavy atom. The molecule has 33 heavy (non-hydrogen) atoms. The van der Waals surface area contributed by atoms with Crippen molar-refractivity contribution in [2.75, 3.05) is 19.7 Å². The van der Waals surface area contributed by atoms with Crippen LogP contribution in [0.5, 0.6) is 0 Å². The lowest BCUT2D eigenvalue weighted by Gasteiger charge is -2.26. The Morgan fingerprint density at radius 1 is 1.12 bits per heavy atom. The van der Waals surface area contributed by atoms with Gasteiger partial charge in [-0.1, -0.05) is 31.9 Å². The number of alkyl carbamates (subject to hydrolysis) is 1. The zero-order valence-corrected chi connectivity index (χ0v) is 20.8. The van der Waals surface area contributed by atoms with Crippen molar-refractivity contribution in [3.05, 3.63) is 12.2 Å². The molecule has 1 heterocycles. The number of allylic oxidation sites excluding steroid dienone is 1. The van der Waals surface area contributed by atoms with Gasteiger partial charge < -0.3 is 25.0 Å². The molecule has 1 fully saturated rings. The van der Waals surface area contributed by atoms with Crippen molar-refractivity contribution in [3.63, 3.8) is 0 Å². The van der Waals surface area contributed by atoms with Crippen LogP contribution in [0.25, 0.3) is 0 Å². The van der Waals surface area contributed by atoms with Crippen molar-refractivity contribution < 1.29 is 28.7 Å². The molecule has 0 aliphatic carbocycles. The Balaban J connectivity index is 2.67. The van der Waals surface area contributed by atoms with E-state index in [9.17, 15) is 19.2 Å². The molecule has 9 heteroatoms. The second-order valence-electron chi connectivity index (χ2n) is 9.12. The van der Waals surface area contributed by atoms with Crippen LogP contribution in [0, 0.1) is 0 Å². The standard InChI is InChI=1S/C24H41N3O6/c1-6-8-9-10-11-12-14-18(22(30)32-7-2)26-21(29)19-15-13-16-27(19)20(28)17-25-23(31)33-24(3,4)5/h11-12,18-19H,6-10,13-17H2,1-5H3,(H,25,31)(H,26,29)/b12-11-. The molecule has 0 saturated carbocycles. The SMILES string of the molecule is CCCCC/C=C\CC(NC(=O)C1CCCN1C(=O)CNC(=O)OC(C)(C)C)C(=O)OCC.